The number of alkyl carbamates (subject to hydrolysis) is 1. The van der Waals surface area contributed by atoms with E-state index in [1.54, 1.807) is 32.1 Å². The molecule has 0 spiro atoms. The van der Waals surface area contributed by atoms with Crippen molar-refractivity contribution in [2.45, 2.75) is 161 Å². The number of aromatic nitrogens is 1. The lowest BCUT2D eigenvalue weighted by atomic mass is 9.85. The van der Waals surface area contributed by atoms with Gasteiger partial charge in [0.05, 0.1) is 40.5 Å². The molecule has 18 nitrogen and oxygen atoms in total. The summed E-state index contributed by atoms with van der Waals surface area (Å²) in [6.07, 6.45) is 1.82. The number of anilines is 1. The third kappa shape index (κ3) is 15.0. The van der Waals surface area contributed by atoms with Gasteiger partial charge in [-0.1, -0.05) is 87.5 Å². The standard InChI is InChI=1S/C57H74N8O10S/c1-34-49(76-33-60-34)39-20-17-37(18-21-39)30-59-51(69)44-29-42(66)31-64(44)54(72)50(56(2,3)4)63-47(68)26-19-36-15-13-35(14-16-36)10-9-27-74-32-41(23-25-46(58)67)61-52(70)45-28-40-12-8-11-38-22-24-43(53(71)65(45)48(38)40)62-55(73)75-57(5,6)7/h8,11-18,20-21,33,41-45,50,66H,9-10,19,22-32H2,1-7H3,(H2,58,67)(H,59,69)(H,61,70)(H,62,73)(H,63,68)/t41-,42+,43-,44-,45-,50+/m0/s1. The van der Waals surface area contributed by atoms with E-state index in [0.29, 0.717) is 44.4 Å². The van der Waals surface area contributed by atoms with Gasteiger partial charge in [-0.15, -0.1) is 11.3 Å². The van der Waals surface area contributed by atoms with Crippen LogP contribution in [-0.4, -0.2) is 118 Å². The smallest absolute Gasteiger partial charge is 0.408 e. The van der Waals surface area contributed by atoms with E-state index in [1.165, 1.54) is 9.80 Å². The van der Waals surface area contributed by atoms with Gasteiger partial charge in [0.2, 0.25) is 35.4 Å². The first-order valence-electron chi connectivity index (χ1n) is 26.3. The Hall–Kier alpha value is -6.70. The van der Waals surface area contributed by atoms with Gasteiger partial charge in [-0.2, -0.15) is 0 Å². The van der Waals surface area contributed by atoms with E-state index < -0.39 is 77.1 Å². The number of amides is 7. The lowest BCUT2D eigenvalue weighted by Crippen LogP contribution is -2.57. The topological polar surface area (TPSA) is 252 Å². The van der Waals surface area contributed by atoms with E-state index >= 15 is 0 Å². The molecular weight excluding hydrogens is 989 g/mol. The molecule has 0 bridgehead atoms. The number of nitrogens with two attached hydrogens (primary N) is 1. The van der Waals surface area contributed by atoms with Gasteiger partial charge in [-0.3, -0.25) is 33.7 Å². The second-order valence-corrected chi connectivity index (χ2v) is 23.1. The van der Waals surface area contributed by atoms with Crippen molar-refractivity contribution in [3.05, 3.63) is 106 Å². The SMILES string of the molecule is Cc1ncsc1-c1ccc(CNC(=O)[C@@H]2C[C@@H](O)CN2C(=O)[C@@H](NC(=O)CCc2ccc(CCCOC[C@H](CCC(N)=O)NC(=O)[C@@H]3Cc4cccc5c4N3C(=O)[C@@H](NC(=O)OC(C)(C)C)CC5)cc2)C(C)(C)C)cc1. The van der Waals surface area contributed by atoms with Gasteiger partial charge < -0.3 is 46.5 Å². The minimum absolute atomic E-state index is 0.0169. The Labute approximate surface area is 449 Å². The van der Waals surface area contributed by atoms with E-state index in [-0.39, 0.29) is 63.6 Å². The highest BCUT2D eigenvalue weighted by molar-refractivity contribution is 7.13. The van der Waals surface area contributed by atoms with Crippen LogP contribution < -0.4 is 31.9 Å². The fraction of sp³-hybridized carbons (Fsp3) is 0.509. The molecule has 1 aromatic heterocycles. The van der Waals surface area contributed by atoms with Crippen molar-refractivity contribution >= 4 is 58.6 Å². The number of nitrogens with zero attached hydrogens (tertiary/aromatic N) is 3. The molecule has 408 valence electrons. The average Bonchev–Trinajstić information content (AvgIpc) is 4.08. The van der Waals surface area contributed by atoms with Crippen LogP contribution in [0.2, 0.25) is 0 Å². The van der Waals surface area contributed by atoms with Crippen LogP contribution >= 0.6 is 11.3 Å². The van der Waals surface area contributed by atoms with Crippen molar-refractivity contribution in [3.63, 3.8) is 0 Å². The number of benzene rings is 3. The summed E-state index contributed by atoms with van der Waals surface area (Å²) in [5.74, 6) is -2.41. The highest BCUT2D eigenvalue weighted by Gasteiger charge is 2.46. The maximum atomic E-state index is 14.2. The zero-order valence-electron chi connectivity index (χ0n) is 44.7. The fourth-order valence-corrected chi connectivity index (χ4v) is 10.8. The summed E-state index contributed by atoms with van der Waals surface area (Å²) in [5.41, 5.74) is 13.2. The van der Waals surface area contributed by atoms with Gasteiger partial charge in [-0.25, -0.2) is 9.78 Å². The van der Waals surface area contributed by atoms with Crippen LogP contribution in [0.5, 0.6) is 0 Å². The second kappa shape index (κ2) is 25.0. The Morgan fingerprint density at radius 3 is 2.21 bits per heavy atom. The molecule has 1 saturated heterocycles. The van der Waals surface area contributed by atoms with E-state index in [9.17, 15) is 38.7 Å². The normalized spacial score (nSPS) is 19.0. The third-order valence-electron chi connectivity index (χ3n) is 13.9. The van der Waals surface area contributed by atoms with Crippen LogP contribution in [0.15, 0.2) is 72.2 Å². The molecule has 6 atom stereocenters. The number of hydrogen-bond acceptors (Lipinski definition) is 12. The fourth-order valence-electron chi connectivity index (χ4n) is 9.98. The Morgan fingerprint density at radius 1 is 0.868 bits per heavy atom. The molecule has 0 saturated carbocycles. The van der Waals surface area contributed by atoms with Gasteiger partial charge in [0.15, 0.2) is 0 Å². The number of nitrogens with one attached hydrogen (secondary N) is 4. The van der Waals surface area contributed by atoms with Crippen molar-refractivity contribution in [2.24, 2.45) is 11.1 Å². The van der Waals surface area contributed by atoms with Crippen molar-refractivity contribution in [3.8, 4) is 10.4 Å². The predicted octanol–water partition coefficient (Wildman–Crippen LogP) is 5.36. The average molecular weight is 1060 g/mol. The molecular formula is C57H74N8O10S. The Morgan fingerprint density at radius 2 is 1.55 bits per heavy atom. The molecule has 4 heterocycles. The van der Waals surface area contributed by atoms with Crippen LogP contribution in [0.3, 0.4) is 0 Å². The van der Waals surface area contributed by atoms with Crippen molar-refractivity contribution in [1.82, 2.24) is 31.2 Å². The summed E-state index contributed by atoms with van der Waals surface area (Å²) in [6, 6.07) is 17.4. The number of aliphatic hydroxyl groups excluding tert-OH is 1. The van der Waals surface area contributed by atoms with E-state index in [2.05, 4.69) is 26.3 Å². The van der Waals surface area contributed by atoms with Crippen molar-refractivity contribution in [1.29, 1.82) is 0 Å². The summed E-state index contributed by atoms with van der Waals surface area (Å²) in [7, 11) is 0. The number of aliphatic hydroxyl groups is 1. The molecule has 3 aromatic carbocycles. The summed E-state index contributed by atoms with van der Waals surface area (Å²) in [4.78, 5) is 102. The predicted molar refractivity (Wildman–Crippen MR) is 289 cm³/mol. The number of hydrogen-bond donors (Lipinski definition) is 6. The molecule has 4 aromatic rings. The summed E-state index contributed by atoms with van der Waals surface area (Å²) in [5, 5.41) is 22.3. The van der Waals surface area contributed by atoms with Gasteiger partial charge in [-0.05, 0) is 105 Å². The molecule has 3 aliphatic rings. The molecule has 7 N–H and O–H groups in total. The van der Waals surface area contributed by atoms with Gasteiger partial charge >= 0.3 is 6.09 Å². The van der Waals surface area contributed by atoms with Gasteiger partial charge in [0.25, 0.3) is 0 Å². The van der Waals surface area contributed by atoms with E-state index in [4.69, 9.17) is 15.2 Å². The number of likely N-dealkylation sites (tertiary alicyclic amines) is 1. The molecule has 7 rings (SSSR count). The molecule has 7 amide bonds. The first-order valence-corrected chi connectivity index (χ1v) is 27.1. The number of ether oxygens (including phenoxy) is 2. The molecule has 0 unspecified atom stereocenters. The van der Waals surface area contributed by atoms with Crippen molar-refractivity contribution in [2.75, 3.05) is 24.7 Å². The molecule has 1 fully saturated rings. The number of para-hydroxylation sites is 1. The van der Waals surface area contributed by atoms with E-state index in [1.807, 2.05) is 99.9 Å². The Balaban J connectivity index is 0.861. The number of carbonyl (C=O) groups is 7. The van der Waals surface area contributed by atoms with Gasteiger partial charge in [0.1, 0.15) is 29.8 Å². The minimum Gasteiger partial charge on any atom is -0.444 e. The zero-order chi connectivity index (χ0) is 54.9. The summed E-state index contributed by atoms with van der Waals surface area (Å²) in [6.45, 7) is 13.5. The molecule has 3 aliphatic heterocycles. The first-order chi connectivity index (χ1) is 36.0. The van der Waals surface area contributed by atoms with E-state index in [0.717, 1.165) is 44.0 Å². The number of aryl methyl sites for hydroxylation is 4. The van der Waals surface area contributed by atoms with Crippen LogP contribution in [0, 0.1) is 12.3 Å². The Bertz CT molecular complexity index is 2730. The molecule has 0 aliphatic carbocycles. The van der Waals surface area contributed by atoms with Gasteiger partial charge in [0, 0.05) is 45.4 Å². The molecule has 76 heavy (non-hydrogen) atoms. The largest absolute Gasteiger partial charge is 0.444 e. The minimum atomic E-state index is -0.939. The van der Waals surface area contributed by atoms with Crippen LogP contribution in [0.4, 0.5) is 10.5 Å². The van der Waals surface area contributed by atoms with Crippen LogP contribution in [-0.2, 0) is 70.5 Å². The highest BCUT2D eigenvalue weighted by atomic mass is 32.1. The monoisotopic (exact) mass is 1060 g/mol. The third-order valence-corrected chi connectivity index (χ3v) is 14.9. The number of primary amides is 1. The highest BCUT2D eigenvalue weighted by Crippen LogP contribution is 2.39. The number of rotatable bonds is 21. The second-order valence-electron chi connectivity index (χ2n) is 22.2. The number of β-amino-alcohol motifs (C(OH)–C–C–N with tert-alkyl or cyclic N) is 1. The lowest BCUT2D eigenvalue weighted by molar-refractivity contribution is -0.144. The quantitative estimate of drug-likeness (QED) is 0.0580. The van der Waals surface area contributed by atoms with Crippen LogP contribution in [0.1, 0.15) is 114 Å². The molecule has 0 radical (unpaired) electrons. The molecule has 19 heteroatoms. The lowest BCUT2D eigenvalue weighted by Gasteiger charge is -2.35. The Kier molecular flexibility index (Phi) is 18.7. The summed E-state index contributed by atoms with van der Waals surface area (Å²) >= 11 is 1.57. The first kappa shape index (κ1) is 57.0. The van der Waals surface area contributed by atoms with Crippen LogP contribution in [0.25, 0.3) is 10.4 Å². The maximum Gasteiger partial charge on any atom is 0.408 e. The van der Waals surface area contributed by atoms with Crippen molar-refractivity contribution < 1.29 is 48.1 Å². The zero-order valence-corrected chi connectivity index (χ0v) is 45.6. The number of carbonyl (C=O) groups excluding carboxylic acids is 7. The number of thiazole rings is 1. The summed E-state index contributed by atoms with van der Waals surface area (Å²) < 4.78 is 11.5. The maximum absolute atomic E-state index is 14.2.